The van der Waals surface area contributed by atoms with Gasteiger partial charge in [0, 0.05) is 13.1 Å². The molecule has 0 aromatic carbocycles. The highest BCUT2D eigenvalue weighted by atomic mass is 32.2. The van der Waals surface area contributed by atoms with E-state index in [1.807, 2.05) is 6.07 Å². The molecular formula is C6H6N2OS. The van der Waals surface area contributed by atoms with Gasteiger partial charge in [0.25, 0.3) is 0 Å². The smallest absolute Gasteiger partial charge is 0.237 e. The van der Waals surface area contributed by atoms with Gasteiger partial charge in [-0.2, -0.15) is 5.26 Å². The van der Waals surface area contributed by atoms with E-state index in [-0.39, 0.29) is 5.91 Å². The fraction of sp³-hybridized carbons (Fsp3) is 0.333. The molecule has 52 valence electrons. The number of hydrogen-bond donors (Lipinski definition) is 0. The Balaban J connectivity index is 2.77. The second-order valence-corrected chi connectivity index (χ2v) is 2.85. The standard InChI is InChI=1S/C6H6N2OS/c1-8-5(9)4-10-6(8)2-3-7/h2H,4H2,1H3/b6-2+. The van der Waals surface area contributed by atoms with Crippen LogP contribution in [0.5, 0.6) is 0 Å². The Morgan fingerprint density at radius 1 is 1.90 bits per heavy atom. The van der Waals surface area contributed by atoms with Gasteiger partial charge in [-0.3, -0.25) is 4.79 Å². The fourth-order valence-electron chi connectivity index (χ4n) is 0.646. The van der Waals surface area contributed by atoms with Gasteiger partial charge in [0.05, 0.1) is 16.9 Å². The summed E-state index contributed by atoms with van der Waals surface area (Å²) in [4.78, 5) is 12.3. The molecule has 1 heterocycles. The van der Waals surface area contributed by atoms with Crippen molar-refractivity contribution >= 4 is 17.7 Å². The number of hydrogen-bond acceptors (Lipinski definition) is 3. The van der Waals surface area contributed by atoms with Gasteiger partial charge < -0.3 is 4.90 Å². The minimum absolute atomic E-state index is 0.0616. The summed E-state index contributed by atoms with van der Waals surface area (Å²) in [5.74, 6) is 0.524. The Hall–Kier alpha value is -0.950. The molecule has 0 N–H and O–H groups in total. The quantitative estimate of drug-likeness (QED) is 0.479. The molecule has 0 atom stereocenters. The summed E-state index contributed by atoms with van der Waals surface area (Å²) in [5, 5.41) is 9.00. The van der Waals surface area contributed by atoms with Crippen LogP contribution in [-0.4, -0.2) is 23.6 Å². The SMILES string of the molecule is CN1C(=O)CS/C1=C/C#N. The summed E-state index contributed by atoms with van der Waals surface area (Å²) in [5.41, 5.74) is 0. The van der Waals surface area contributed by atoms with Crippen molar-refractivity contribution < 1.29 is 4.79 Å². The zero-order valence-corrected chi connectivity index (χ0v) is 6.31. The molecule has 1 amide bonds. The van der Waals surface area contributed by atoms with Crippen LogP contribution < -0.4 is 0 Å². The number of nitriles is 1. The molecule has 1 saturated heterocycles. The predicted octanol–water partition coefficient (Wildman–Crippen LogP) is 0.557. The van der Waals surface area contributed by atoms with Crippen LogP contribution in [0.2, 0.25) is 0 Å². The molecule has 0 unspecified atom stereocenters. The maximum atomic E-state index is 10.8. The number of carbonyl (C=O) groups excluding carboxylic acids is 1. The molecule has 1 aliphatic heterocycles. The van der Waals surface area contributed by atoms with E-state index in [0.717, 1.165) is 5.03 Å². The topological polar surface area (TPSA) is 44.1 Å². The van der Waals surface area contributed by atoms with Crippen molar-refractivity contribution in [3.63, 3.8) is 0 Å². The summed E-state index contributed by atoms with van der Waals surface area (Å²) >= 11 is 1.40. The van der Waals surface area contributed by atoms with Gasteiger partial charge in [-0.1, -0.05) is 11.8 Å². The van der Waals surface area contributed by atoms with Gasteiger partial charge in [0.15, 0.2) is 0 Å². The summed E-state index contributed by atoms with van der Waals surface area (Å²) < 4.78 is 0. The zero-order chi connectivity index (χ0) is 7.56. The third-order valence-corrected chi connectivity index (χ3v) is 2.32. The van der Waals surface area contributed by atoms with E-state index in [1.54, 1.807) is 7.05 Å². The molecule has 0 saturated carbocycles. The third-order valence-electron chi connectivity index (χ3n) is 1.24. The van der Waals surface area contributed by atoms with E-state index >= 15 is 0 Å². The number of rotatable bonds is 0. The van der Waals surface area contributed by atoms with Crippen molar-refractivity contribution in [2.24, 2.45) is 0 Å². The number of carbonyl (C=O) groups is 1. The van der Waals surface area contributed by atoms with Gasteiger partial charge in [-0.15, -0.1) is 0 Å². The zero-order valence-electron chi connectivity index (χ0n) is 5.50. The van der Waals surface area contributed by atoms with Crippen molar-refractivity contribution in [3.8, 4) is 6.07 Å². The first-order valence-electron chi connectivity index (χ1n) is 2.75. The largest absolute Gasteiger partial charge is 0.309 e. The Morgan fingerprint density at radius 3 is 3.00 bits per heavy atom. The van der Waals surface area contributed by atoms with Gasteiger partial charge in [-0.05, 0) is 0 Å². The van der Waals surface area contributed by atoms with Gasteiger partial charge in [-0.25, -0.2) is 0 Å². The lowest BCUT2D eigenvalue weighted by Gasteiger charge is -2.06. The van der Waals surface area contributed by atoms with Crippen LogP contribution in [0.25, 0.3) is 0 Å². The van der Waals surface area contributed by atoms with Gasteiger partial charge in [0.2, 0.25) is 5.91 Å². The van der Waals surface area contributed by atoms with Gasteiger partial charge in [0.1, 0.15) is 0 Å². The normalized spacial score (nSPS) is 21.8. The van der Waals surface area contributed by atoms with Crippen LogP contribution in [-0.2, 0) is 4.79 Å². The first kappa shape index (κ1) is 7.16. The maximum Gasteiger partial charge on any atom is 0.237 e. The molecule has 1 fully saturated rings. The van der Waals surface area contributed by atoms with Crippen LogP contribution >= 0.6 is 11.8 Å². The van der Waals surface area contributed by atoms with Crippen LogP contribution in [0, 0.1) is 11.3 Å². The molecule has 3 nitrogen and oxygen atoms in total. The monoisotopic (exact) mass is 154 g/mol. The number of thioether (sulfide) groups is 1. The summed E-state index contributed by atoms with van der Waals surface area (Å²) in [6, 6.07) is 1.88. The Morgan fingerprint density at radius 2 is 2.60 bits per heavy atom. The highest BCUT2D eigenvalue weighted by Gasteiger charge is 2.21. The lowest BCUT2D eigenvalue weighted by Crippen LogP contribution is -2.18. The second kappa shape index (κ2) is 2.76. The molecule has 1 aliphatic rings. The van der Waals surface area contributed by atoms with E-state index in [4.69, 9.17) is 5.26 Å². The van der Waals surface area contributed by atoms with Crippen LogP contribution in [0.1, 0.15) is 0 Å². The highest BCUT2D eigenvalue weighted by molar-refractivity contribution is 8.04. The Bertz CT molecular complexity index is 228. The average Bonchev–Trinajstić information content (AvgIpc) is 2.20. The number of allylic oxidation sites excluding steroid dienone is 1. The summed E-state index contributed by atoms with van der Waals surface area (Å²) in [7, 11) is 1.67. The van der Waals surface area contributed by atoms with Crippen LogP contribution in [0.15, 0.2) is 11.1 Å². The van der Waals surface area contributed by atoms with Crippen LogP contribution in [0.4, 0.5) is 0 Å². The molecule has 0 radical (unpaired) electrons. The Kier molecular flexibility index (Phi) is 1.97. The molecular weight excluding hydrogens is 148 g/mol. The molecule has 0 aromatic rings. The van der Waals surface area contributed by atoms with E-state index < -0.39 is 0 Å². The molecule has 0 aromatic heterocycles. The third kappa shape index (κ3) is 1.14. The predicted molar refractivity (Wildman–Crippen MR) is 38.9 cm³/mol. The first-order chi connectivity index (χ1) is 4.75. The van der Waals surface area contributed by atoms with Crippen molar-refractivity contribution in [2.45, 2.75) is 0 Å². The molecule has 10 heavy (non-hydrogen) atoms. The highest BCUT2D eigenvalue weighted by Crippen LogP contribution is 2.26. The number of nitrogens with zero attached hydrogens (tertiary/aromatic N) is 2. The molecule has 1 rings (SSSR count). The van der Waals surface area contributed by atoms with Crippen molar-refractivity contribution in [3.05, 3.63) is 11.1 Å². The first-order valence-corrected chi connectivity index (χ1v) is 3.73. The molecule has 4 heteroatoms. The maximum absolute atomic E-state index is 10.8. The van der Waals surface area contributed by atoms with E-state index in [2.05, 4.69) is 0 Å². The van der Waals surface area contributed by atoms with Crippen LogP contribution in [0.3, 0.4) is 0 Å². The fourth-order valence-corrected chi connectivity index (χ4v) is 1.54. The number of amides is 1. The minimum atomic E-state index is 0.0616. The lowest BCUT2D eigenvalue weighted by molar-refractivity contribution is -0.124. The lowest BCUT2D eigenvalue weighted by atomic mass is 10.6. The van der Waals surface area contributed by atoms with Gasteiger partial charge >= 0.3 is 0 Å². The average molecular weight is 154 g/mol. The minimum Gasteiger partial charge on any atom is -0.309 e. The van der Waals surface area contributed by atoms with Crippen molar-refractivity contribution in [1.82, 2.24) is 4.90 Å². The Labute approximate surface area is 63.3 Å². The summed E-state index contributed by atoms with van der Waals surface area (Å²) in [6.45, 7) is 0. The molecule has 0 bridgehead atoms. The molecule has 0 aliphatic carbocycles. The van der Waals surface area contributed by atoms with E-state index in [9.17, 15) is 4.79 Å². The molecule has 0 spiro atoms. The van der Waals surface area contributed by atoms with Crippen molar-refractivity contribution in [2.75, 3.05) is 12.8 Å². The van der Waals surface area contributed by atoms with E-state index in [0.29, 0.717) is 5.75 Å². The second-order valence-electron chi connectivity index (χ2n) is 1.85. The van der Waals surface area contributed by atoms with E-state index in [1.165, 1.54) is 22.7 Å². The summed E-state index contributed by atoms with van der Waals surface area (Å²) in [6.07, 6.45) is 1.38. The van der Waals surface area contributed by atoms with Crippen molar-refractivity contribution in [1.29, 1.82) is 5.26 Å².